The number of aromatic nitrogens is 2. The first-order valence-electron chi connectivity index (χ1n) is 9.51. The van der Waals surface area contributed by atoms with Gasteiger partial charge in [0.05, 0.1) is 13.2 Å². The molecule has 2 saturated heterocycles. The van der Waals surface area contributed by atoms with Gasteiger partial charge in [0.25, 0.3) is 0 Å². The molecule has 3 rings (SSSR count). The van der Waals surface area contributed by atoms with Crippen LogP contribution in [-0.4, -0.2) is 71.1 Å². The fourth-order valence-corrected chi connectivity index (χ4v) is 3.93. The molecule has 138 valence electrons. The number of amides is 1. The number of rotatable bonds is 5. The highest BCUT2D eigenvalue weighted by atomic mass is 16.5. The Hall–Kier alpha value is -1.53. The molecule has 1 aromatic heterocycles. The summed E-state index contributed by atoms with van der Waals surface area (Å²) in [7, 11) is 0. The molecule has 3 heterocycles. The van der Waals surface area contributed by atoms with Crippen molar-refractivity contribution in [3.05, 3.63) is 23.8 Å². The van der Waals surface area contributed by atoms with Crippen LogP contribution in [-0.2, 0) is 9.53 Å². The van der Waals surface area contributed by atoms with E-state index in [1.165, 1.54) is 0 Å². The molecule has 0 radical (unpaired) electrons. The van der Waals surface area contributed by atoms with Crippen LogP contribution in [0, 0.1) is 6.92 Å². The minimum absolute atomic E-state index is 0.304. The van der Waals surface area contributed by atoms with Crippen molar-refractivity contribution >= 4 is 5.91 Å². The normalized spacial score (nSPS) is 21.3. The van der Waals surface area contributed by atoms with Crippen molar-refractivity contribution in [3.8, 4) is 0 Å². The number of likely N-dealkylation sites (tertiary alicyclic amines) is 1. The Kier molecular flexibility index (Phi) is 6.37. The predicted molar refractivity (Wildman–Crippen MR) is 96.4 cm³/mol. The van der Waals surface area contributed by atoms with Crippen molar-refractivity contribution < 1.29 is 9.53 Å². The lowest BCUT2D eigenvalue weighted by atomic mass is 9.91. The molecular formula is C19H30N4O2. The van der Waals surface area contributed by atoms with Gasteiger partial charge in [0.2, 0.25) is 5.91 Å². The summed E-state index contributed by atoms with van der Waals surface area (Å²) in [5.74, 6) is 0.761. The van der Waals surface area contributed by atoms with Gasteiger partial charge in [-0.3, -0.25) is 9.69 Å². The SMILES string of the molecule is Cc1cncnc1C1CCN(C(=O)CCC(C)N2CCOCC2)CC1. The van der Waals surface area contributed by atoms with E-state index >= 15 is 0 Å². The Bertz CT molecular complexity index is 566. The van der Waals surface area contributed by atoms with Crippen LogP contribution in [0.3, 0.4) is 0 Å². The van der Waals surface area contributed by atoms with Crippen molar-refractivity contribution in [3.63, 3.8) is 0 Å². The molecule has 2 fully saturated rings. The molecule has 0 aliphatic carbocycles. The quantitative estimate of drug-likeness (QED) is 0.816. The van der Waals surface area contributed by atoms with Gasteiger partial charge < -0.3 is 9.64 Å². The van der Waals surface area contributed by atoms with Crippen molar-refractivity contribution in [2.75, 3.05) is 39.4 Å². The molecule has 6 heteroatoms. The second-order valence-electron chi connectivity index (χ2n) is 7.28. The lowest BCUT2D eigenvalue weighted by Crippen LogP contribution is -2.43. The third-order valence-electron chi connectivity index (χ3n) is 5.62. The minimum atomic E-state index is 0.304. The number of hydrogen-bond donors (Lipinski definition) is 0. The van der Waals surface area contributed by atoms with Gasteiger partial charge in [-0.2, -0.15) is 0 Å². The topological polar surface area (TPSA) is 58.6 Å². The molecule has 1 unspecified atom stereocenters. The highest BCUT2D eigenvalue weighted by Gasteiger charge is 2.26. The van der Waals surface area contributed by atoms with E-state index in [2.05, 4.69) is 28.7 Å². The number of nitrogens with zero attached hydrogens (tertiary/aromatic N) is 4. The van der Waals surface area contributed by atoms with Gasteiger partial charge in [0, 0.05) is 56.5 Å². The summed E-state index contributed by atoms with van der Waals surface area (Å²) in [5, 5.41) is 0. The highest BCUT2D eigenvalue weighted by molar-refractivity contribution is 5.76. The summed E-state index contributed by atoms with van der Waals surface area (Å²) in [5.41, 5.74) is 2.31. The smallest absolute Gasteiger partial charge is 0.222 e. The highest BCUT2D eigenvalue weighted by Crippen LogP contribution is 2.28. The maximum atomic E-state index is 12.6. The van der Waals surface area contributed by atoms with Gasteiger partial charge in [-0.05, 0) is 38.7 Å². The standard InChI is InChI=1S/C19H30N4O2/c1-15-13-20-14-21-19(15)17-5-7-23(8-6-17)18(24)4-3-16(2)22-9-11-25-12-10-22/h13-14,16-17H,3-12H2,1-2H3. The predicted octanol–water partition coefficient (Wildman–Crippen LogP) is 1.99. The van der Waals surface area contributed by atoms with Crippen LogP contribution in [0.5, 0.6) is 0 Å². The number of carbonyl (C=O) groups is 1. The van der Waals surface area contributed by atoms with E-state index in [9.17, 15) is 4.79 Å². The summed E-state index contributed by atoms with van der Waals surface area (Å²) in [4.78, 5) is 25.6. The number of aryl methyl sites for hydroxylation is 1. The second-order valence-corrected chi connectivity index (χ2v) is 7.28. The van der Waals surface area contributed by atoms with Gasteiger partial charge >= 0.3 is 0 Å². The zero-order valence-electron chi connectivity index (χ0n) is 15.5. The van der Waals surface area contributed by atoms with E-state index in [0.717, 1.165) is 69.9 Å². The van der Waals surface area contributed by atoms with E-state index in [1.54, 1.807) is 6.33 Å². The van der Waals surface area contributed by atoms with Crippen LogP contribution in [0.2, 0.25) is 0 Å². The van der Waals surface area contributed by atoms with Crippen molar-refractivity contribution in [2.45, 2.75) is 51.5 Å². The van der Waals surface area contributed by atoms with Crippen LogP contribution in [0.1, 0.15) is 49.8 Å². The van der Waals surface area contributed by atoms with Crippen molar-refractivity contribution in [1.82, 2.24) is 19.8 Å². The summed E-state index contributed by atoms with van der Waals surface area (Å²) in [6.45, 7) is 9.58. The Balaban J connectivity index is 1.43. The fraction of sp³-hybridized carbons (Fsp3) is 0.737. The molecular weight excluding hydrogens is 316 g/mol. The molecule has 25 heavy (non-hydrogen) atoms. The van der Waals surface area contributed by atoms with Gasteiger partial charge in [0.15, 0.2) is 0 Å². The van der Waals surface area contributed by atoms with Crippen LogP contribution in [0.15, 0.2) is 12.5 Å². The molecule has 6 nitrogen and oxygen atoms in total. The number of ether oxygens (including phenoxy) is 1. The van der Waals surface area contributed by atoms with E-state index in [4.69, 9.17) is 4.74 Å². The van der Waals surface area contributed by atoms with Crippen molar-refractivity contribution in [1.29, 1.82) is 0 Å². The minimum Gasteiger partial charge on any atom is -0.379 e. The third-order valence-corrected chi connectivity index (χ3v) is 5.62. The molecule has 1 aromatic rings. The Morgan fingerprint density at radius 2 is 2.00 bits per heavy atom. The first-order valence-corrected chi connectivity index (χ1v) is 9.51. The molecule has 0 bridgehead atoms. The van der Waals surface area contributed by atoms with E-state index < -0.39 is 0 Å². The third kappa shape index (κ3) is 4.76. The second kappa shape index (κ2) is 8.72. The molecule has 0 N–H and O–H groups in total. The van der Waals surface area contributed by atoms with Crippen LogP contribution in [0.4, 0.5) is 0 Å². The lowest BCUT2D eigenvalue weighted by Gasteiger charge is -2.34. The van der Waals surface area contributed by atoms with Gasteiger partial charge in [-0.15, -0.1) is 0 Å². The summed E-state index contributed by atoms with van der Waals surface area (Å²) < 4.78 is 5.40. The van der Waals surface area contributed by atoms with Gasteiger partial charge in [-0.25, -0.2) is 9.97 Å². The molecule has 0 saturated carbocycles. The average Bonchev–Trinajstić information content (AvgIpc) is 2.67. The monoisotopic (exact) mass is 346 g/mol. The van der Waals surface area contributed by atoms with Crippen LogP contribution >= 0.6 is 0 Å². The van der Waals surface area contributed by atoms with Crippen molar-refractivity contribution in [2.24, 2.45) is 0 Å². The van der Waals surface area contributed by atoms with Gasteiger partial charge in [-0.1, -0.05) is 0 Å². The van der Waals surface area contributed by atoms with E-state index in [0.29, 0.717) is 24.3 Å². The molecule has 0 spiro atoms. The largest absolute Gasteiger partial charge is 0.379 e. The summed E-state index contributed by atoms with van der Waals surface area (Å²) in [6, 6.07) is 0.453. The van der Waals surface area contributed by atoms with Crippen LogP contribution in [0.25, 0.3) is 0 Å². The average molecular weight is 346 g/mol. The molecule has 0 aromatic carbocycles. The molecule has 2 aliphatic heterocycles. The van der Waals surface area contributed by atoms with E-state index in [-0.39, 0.29) is 0 Å². The number of hydrogen-bond acceptors (Lipinski definition) is 5. The van der Waals surface area contributed by atoms with E-state index in [1.807, 2.05) is 11.1 Å². The molecule has 2 aliphatic rings. The lowest BCUT2D eigenvalue weighted by molar-refractivity contribution is -0.132. The summed E-state index contributed by atoms with van der Waals surface area (Å²) in [6.07, 6.45) is 7.10. The zero-order chi connectivity index (χ0) is 17.6. The molecule has 1 atom stereocenters. The summed E-state index contributed by atoms with van der Waals surface area (Å²) >= 11 is 0. The van der Waals surface area contributed by atoms with Gasteiger partial charge in [0.1, 0.15) is 6.33 Å². The van der Waals surface area contributed by atoms with Crippen LogP contribution < -0.4 is 0 Å². The fourth-order valence-electron chi connectivity index (χ4n) is 3.93. The Morgan fingerprint density at radius 1 is 1.28 bits per heavy atom. The number of piperidine rings is 1. The maximum absolute atomic E-state index is 12.6. The number of carbonyl (C=O) groups excluding carboxylic acids is 1. The number of morpholine rings is 1. The first-order chi connectivity index (χ1) is 12.1. The first kappa shape index (κ1) is 18.3. The maximum Gasteiger partial charge on any atom is 0.222 e. The zero-order valence-corrected chi connectivity index (χ0v) is 15.5. The Labute approximate surface area is 150 Å². The molecule has 1 amide bonds. The Morgan fingerprint density at radius 3 is 2.68 bits per heavy atom.